The zero-order chi connectivity index (χ0) is 23.3. The van der Waals surface area contributed by atoms with Crippen LogP contribution in [0.3, 0.4) is 0 Å². The molecule has 1 atom stereocenters. The maximum Gasteiger partial charge on any atom is 0.251 e. The Morgan fingerprint density at radius 2 is 1.56 bits per heavy atom. The first-order valence-electron chi connectivity index (χ1n) is 10.3. The van der Waals surface area contributed by atoms with E-state index in [1.807, 2.05) is 62.4 Å². The normalized spacial score (nSPS) is 12.1. The molecule has 168 valence electrons. The summed E-state index contributed by atoms with van der Waals surface area (Å²) < 4.78 is 31.3. The van der Waals surface area contributed by atoms with Crippen LogP contribution in [-0.4, -0.2) is 27.7 Å². The SMILES string of the molecule is COc1ccc(C(C)NC(=O)c2ccc(N(Cc3ccc(C)cc3)S(C)(=O)=O)cc2)cc1. The van der Waals surface area contributed by atoms with Crippen LogP contribution in [-0.2, 0) is 16.6 Å². The third kappa shape index (κ3) is 5.88. The number of hydrogen-bond acceptors (Lipinski definition) is 4. The Kier molecular flexibility index (Phi) is 7.20. The number of nitrogens with one attached hydrogen (secondary N) is 1. The molecule has 1 N–H and O–H groups in total. The number of nitrogens with zero attached hydrogens (tertiary/aromatic N) is 1. The lowest BCUT2D eigenvalue weighted by Gasteiger charge is -2.23. The molecule has 0 fully saturated rings. The fourth-order valence-electron chi connectivity index (χ4n) is 3.29. The van der Waals surface area contributed by atoms with Gasteiger partial charge in [-0.2, -0.15) is 0 Å². The van der Waals surface area contributed by atoms with Crippen molar-refractivity contribution >= 4 is 21.6 Å². The van der Waals surface area contributed by atoms with Crippen LogP contribution in [0.4, 0.5) is 5.69 Å². The quantitative estimate of drug-likeness (QED) is 0.548. The van der Waals surface area contributed by atoms with Gasteiger partial charge in [0.15, 0.2) is 0 Å². The van der Waals surface area contributed by atoms with Gasteiger partial charge in [0, 0.05) is 5.56 Å². The summed E-state index contributed by atoms with van der Waals surface area (Å²) in [6, 6.07) is 21.6. The predicted octanol–water partition coefficient (Wildman–Crippen LogP) is 4.46. The van der Waals surface area contributed by atoms with Crippen LogP contribution in [0.5, 0.6) is 5.75 Å². The molecule has 3 aromatic rings. The van der Waals surface area contributed by atoms with Crippen LogP contribution in [0.2, 0.25) is 0 Å². The smallest absolute Gasteiger partial charge is 0.251 e. The third-order valence-electron chi connectivity index (χ3n) is 5.23. The van der Waals surface area contributed by atoms with Crippen molar-refractivity contribution in [1.29, 1.82) is 0 Å². The Hall–Kier alpha value is -3.32. The largest absolute Gasteiger partial charge is 0.497 e. The summed E-state index contributed by atoms with van der Waals surface area (Å²) in [5.41, 5.74) is 3.91. The summed E-state index contributed by atoms with van der Waals surface area (Å²) in [6.45, 7) is 4.11. The van der Waals surface area contributed by atoms with Gasteiger partial charge >= 0.3 is 0 Å². The number of aryl methyl sites for hydroxylation is 1. The zero-order valence-electron chi connectivity index (χ0n) is 18.7. The van der Waals surface area contributed by atoms with Crippen molar-refractivity contribution in [2.75, 3.05) is 17.7 Å². The van der Waals surface area contributed by atoms with Crippen molar-refractivity contribution in [3.05, 3.63) is 95.1 Å². The first kappa shape index (κ1) is 23.3. The predicted molar refractivity (Wildman–Crippen MR) is 128 cm³/mol. The molecule has 0 bridgehead atoms. The van der Waals surface area contributed by atoms with E-state index in [4.69, 9.17) is 4.74 Å². The number of methoxy groups -OCH3 is 1. The van der Waals surface area contributed by atoms with Crippen LogP contribution in [0.25, 0.3) is 0 Å². The van der Waals surface area contributed by atoms with Gasteiger partial charge in [-0.1, -0.05) is 42.0 Å². The summed E-state index contributed by atoms with van der Waals surface area (Å²) in [7, 11) is -1.89. The molecule has 32 heavy (non-hydrogen) atoms. The molecule has 3 aromatic carbocycles. The molecular weight excluding hydrogens is 424 g/mol. The highest BCUT2D eigenvalue weighted by atomic mass is 32.2. The Morgan fingerprint density at radius 1 is 0.969 bits per heavy atom. The van der Waals surface area contributed by atoms with Gasteiger partial charge < -0.3 is 10.1 Å². The highest BCUT2D eigenvalue weighted by Gasteiger charge is 2.19. The van der Waals surface area contributed by atoms with E-state index >= 15 is 0 Å². The summed E-state index contributed by atoms with van der Waals surface area (Å²) in [5, 5.41) is 2.96. The standard InChI is InChI=1S/C25H28N2O4S/c1-18-5-7-20(8-6-18)17-27(32(4,29)30)23-13-9-22(10-14-23)25(28)26-19(2)21-11-15-24(31-3)16-12-21/h5-16,19H,17H2,1-4H3,(H,26,28). The van der Waals surface area contributed by atoms with E-state index in [-0.39, 0.29) is 18.5 Å². The topological polar surface area (TPSA) is 75.7 Å². The maximum atomic E-state index is 12.7. The first-order valence-corrected chi connectivity index (χ1v) is 12.1. The highest BCUT2D eigenvalue weighted by molar-refractivity contribution is 7.92. The molecule has 1 unspecified atom stereocenters. The second-order valence-corrected chi connectivity index (χ2v) is 9.68. The Labute approximate surface area is 189 Å². The van der Waals surface area contributed by atoms with Gasteiger partial charge in [-0.05, 0) is 61.4 Å². The zero-order valence-corrected chi connectivity index (χ0v) is 19.5. The number of amides is 1. The van der Waals surface area contributed by atoms with Gasteiger partial charge in [-0.25, -0.2) is 8.42 Å². The van der Waals surface area contributed by atoms with E-state index < -0.39 is 10.0 Å². The molecule has 0 radical (unpaired) electrons. The van der Waals surface area contributed by atoms with Crippen molar-refractivity contribution in [1.82, 2.24) is 5.32 Å². The molecular formula is C25H28N2O4S. The lowest BCUT2D eigenvalue weighted by atomic mass is 10.1. The van der Waals surface area contributed by atoms with Crippen molar-refractivity contribution in [3.8, 4) is 5.75 Å². The molecule has 0 saturated carbocycles. The second kappa shape index (κ2) is 9.87. The molecule has 0 spiro atoms. The number of rotatable bonds is 8. The monoisotopic (exact) mass is 452 g/mol. The van der Waals surface area contributed by atoms with Crippen LogP contribution < -0.4 is 14.4 Å². The maximum absolute atomic E-state index is 12.7. The molecule has 0 aliphatic rings. The molecule has 7 heteroatoms. The van der Waals surface area contributed by atoms with Gasteiger partial charge in [0.05, 0.1) is 31.6 Å². The number of anilines is 1. The van der Waals surface area contributed by atoms with Crippen LogP contribution in [0.1, 0.15) is 40.0 Å². The molecule has 1 amide bonds. The fourth-order valence-corrected chi connectivity index (χ4v) is 4.18. The molecule has 3 rings (SSSR count). The van der Waals surface area contributed by atoms with Crippen molar-refractivity contribution in [2.24, 2.45) is 0 Å². The molecule has 0 aliphatic heterocycles. The van der Waals surface area contributed by atoms with E-state index in [2.05, 4.69) is 5.32 Å². The lowest BCUT2D eigenvalue weighted by Crippen LogP contribution is -2.29. The Morgan fingerprint density at radius 3 is 2.09 bits per heavy atom. The molecule has 0 saturated heterocycles. The minimum absolute atomic E-state index is 0.192. The fraction of sp³-hybridized carbons (Fsp3) is 0.240. The number of carbonyl (C=O) groups excluding carboxylic acids is 1. The second-order valence-electron chi connectivity index (χ2n) is 7.77. The molecule has 0 aliphatic carbocycles. The average Bonchev–Trinajstić information content (AvgIpc) is 2.78. The minimum Gasteiger partial charge on any atom is -0.497 e. The van der Waals surface area contributed by atoms with Crippen molar-refractivity contribution < 1.29 is 17.9 Å². The highest BCUT2D eigenvalue weighted by Crippen LogP contribution is 2.22. The average molecular weight is 453 g/mol. The van der Waals surface area contributed by atoms with Crippen molar-refractivity contribution in [2.45, 2.75) is 26.4 Å². The van der Waals surface area contributed by atoms with Gasteiger partial charge in [0.2, 0.25) is 10.0 Å². The van der Waals surface area contributed by atoms with Gasteiger partial charge in [-0.15, -0.1) is 0 Å². The van der Waals surface area contributed by atoms with Gasteiger partial charge in [0.1, 0.15) is 5.75 Å². The molecule has 0 heterocycles. The Bertz CT molecular complexity index is 1160. The van der Waals surface area contributed by atoms with Crippen LogP contribution >= 0.6 is 0 Å². The summed E-state index contributed by atoms with van der Waals surface area (Å²) >= 11 is 0. The van der Waals surface area contributed by atoms with Crippen LogP contribution in [0, 0.1) is 6.92 Å². The number of benzene rings is 3. The third-order valence-corrected chi connectivity index (χ3v) is 6.37. The minimum atomic E-state index is -3.50. The number of ether oxygens (including phenoxy) is 1. The van der Waals surface area contributed by atoms with Gasteiger partial charge in [0.25, 0.3) is 5.91 Å². The molecule has 0 aromatic heterocycles. The van der Waals surface area contributed by atoms with E-state index in [1.54, 1.807) is 31.4 Å². The summed E-state index contributed by atoms with van der Waals surface area (Å²) in [4.78, 5) is 12.7. The van der Waals surface area contributed by atoms with Crippen molar-refractivity contribution in [3.63, 3.8) is 0 Å². The van der Waals surface area contributed by atoms with Crippen LogP contribution in [0.15, 0.2) is 72.8 Å². The molecule has 6 nitrogen and oxygen atoms in total. The van der Waals surface area contributed by atoms with Gasteiger partial charge in [-0.3, -0.25) is 9.10 Å². The summed E-state index contributed by atoms with van der Waals surface area (Å²) in [5.74, 6) is 0.522. The summed E-state index contributed by atoms with van der Waals surface area (Å²) in [6.07, 6.45) is 1.18. The Balaban J connectivity index is 1.73. The van der Waals surface area contributed by atoms with E-state index in [0.29, 0.717) is 11.3 Å². The number of sulfonamides is 1. The van der Waals surface area contributed by atoms with E-state index in [9.17, 15) is 13.2 Å². The lowest BCUT2D eigenvalue weighted by molar-refractivity contribution is 0.0940. The first-order chi connectivity index (χ1) is 15.2. The van der Waals surface area contributed by atoms with E-state index in [0.717, 1.165) is 22.4 Å². The van der Waals surface area contributed by atoms with E-state index in [1.165, 1.54) is 10.6 Å². The number of hydrogen-bond donors (Lipinski definition) is 1. The number of carbonyl (C=O) groups is 1.